The Balaban J connectivity index is 1.44. The molecular weight excluding hydrogens is 365 g/mol. The summed E-state index contributed by atoms with van der Waals surface area (Å²) < 4.78 is 18.3. The van der Waals surface area contributed by atoms with E-state index in [0.717, 1.165) is 22.0 Å². The van der Waals surface area contributed by atoms with E-state index in [2.05, 4.69) is 20.1 Å². The number of thiazole rings is 1. The maximum atomic E-state index is 13.0. The summed E-state index contributed by atoms with van der Waals surface area (Å²) in [5.74, 6) is 1.52. The van der Waals surface area contributed by atoms with Crippen molar-refractivity contribution in [3.63, 3.8) is 0 Å². The Morgan fingerprint density at radius 3 is 2.67 bits per heavy atom. The number of rotatable bonds is 6. The van der Waals surface area contributed by atoms with Crippen molar-refractivity contribution in [2.75, 3.05) is 11.9 Å². The zero-order chi connectivity index (χ0) is 18.6. The molecule has 136 valence electrons. The summed E-state index contributed by atoms with van der Waals surface area (Å²) in [4.78, 5) is 15.2. The molecule has 3 aromatic heterocycles. The van der Waals surface area contributed by atoms with E-state index in [4.69, 9.17) is 4.52 Å². The van der Waals surface area contributed by atoms with Crippen LogP contribution in [0, 0.1) is 5.82 Å². The summed E-state index contributed by atoms with van der Waals surface area (Å²) in [6.45, 7) is 0.701. The molecule has 8 heteroatoms. The molecule has 27 heavy (non-hydrogen) atoms. The van der Waals surface area contributed by atoms with E-state index in [1.165, 1.54) is 12.1 Å². The first-order chi connectivity index (χ1) is 13.2. The minimum Gasteiger partial charge on any atom is -0.353 e. The van der Waals surface area contributed by atoms with E-state index >= 15 is 0 Å². The van der Waals surface area contributed by atoms with Gasteiger partial charge in [-0.15, -0.1) is 11.3 Å². The summed E-state index contributed by atoms with van der Waals surface area (Å²) in [5, 5.41) is 6.98. The lowest BCUT2D eigenvalue weighted by Crippen LogP contribution is -2.17. The van der Waals surface area contributed by atoms with Crippen LogP contribution in [0.2, 0.25) is 0 Å². The normalized spacial score (nSPS) is 10.9. The fourth-order valence-corrected chi connectivity index (χ4v) is 3.25. The quantitative estimate of drug-likeness (QED) is 0.504. The van der Waals surface area contributed by atoms with E-state index in [1.807, 2.05) is 29.5 Å². The van der Waals surface area contributed by atoms with Crippen LogP contribution in [-0.2, 0) is 13.0 Å². The zero-order valence-corrected chi connectivity index (χ0v) is 15.4. The number of pyridine rings is 1. The van der Waals surface area contributed by atoms with Gasteiger partial charge in [-0.1, -0.05) is 17.3 Å². The highest BCUT2D eigenvalue weighted by Crippen LogP contribution is 2.21. The fourth-order valence-electron chi connectivity index (χ4n) is 2.58. The van der Waals surface area contributed by atoms with E-state index in [1.54, 1.807) is 35.9 Å². The molecule has 4 aromatic rings. The molecule has 0 spiro atoms. The van der Waals surface area contributed by atoms with Gasteiger partial charge in [0.15, 0.2) is 5.82 Å². The first-order valence-electron chi connectivity index (χ1n) is 8.30. The maximum Gasteiger partial charge on any atom is 0.259 e. The average Bonchev–Trinajstić information content (AvgIpc) is 3.36. The predicted molar refractivity (Wildman–Crippen MR) is 101 cm³/mol. The third-order valence-corrected chi connectivity index (χ3v) is 4.75. The Hall–Kier alpha value is -3.13. The second-order valence-electron chi connectivity index (χ2n) is 6.01. The minimum atomic E-state index is -0.265. The Labute approximate surface area is 159 Å². The molecule has 0 aliphatic heterocycles. The lowest BCUT2D eigenvalue weighted by Gasteiger charge is -2.16. The number of hydrogen-bond donors (Lipinski definition) is 0. The van der Waals surface area contributed by atoms with Crippen molar-refractivity contribution in [3.05, 3.63) is 76.4 Å². The largest absolute Gasteiger partial charge is 0.353 e. The minimum absolute atomic E-state index is 0.265. The molecule has 0 fully saturated rings. The number of aromatic nitrogens is 4. The van der Waals surface area contributed by atoms with Gasteiger partial charge < -0.3 is 9.42 Å². The molecule has 0 saturated heterocycles. The van der Waals surface area contributed by atoms with Crippen molar-refractivity contribution in [1.29, 1.82) is 0 Å². The van der Waals surface area contributed by atoms with Crippen LogP contribution in [0.4, 0.5) is 10.2 Å². The van der Waals surface area contributed by atoms with Crippen LogP contribution < -0.4 is 4.90 Å². The van der Waals surface area contributed by atoms with Crippen LogP contribution in [0.1, 0.15) is 16.4 Å². The van der Waals surface area contributed by atoms with Gasteiger partial charge >= 0.3 is 0 Å². The summed E-state index contributed by atoms with van der Waals surface area (Å²) in [5.41, 5.74) is 1.67. The highest BCUT2D eigenvalue weighted by Gasteiger charge is 2.11. The van der Waals surface area contributed by atoms with Gasteiger partial charge in [0.05, 0.1) is 12.1 Å². The molecule has 0 atom stereocenters. The average molecular weight is 381 g/mol. The molecule has 4 rings (SSSR count). The van der Waals surface area contributed by atoms with Crippen molar-refractivity contribution >= 4 is 17.2 Å². The van der Waals surface area contributed by atoms with E-state index in [0.29, 0.717) is 24.7 Å². The zero-order valence-electron chi connectivity index (χ0n) is 14.5. The van der Waals surface area contributed by atoms with E-state index in [-0.39, 0.29) is 5.82 Å². The van der Waals surface area contributed by atoms with Crippen molar-refractivity contribution < 1.29 is 8.91 Å². The van der Waals surface area contributed by atoms with Gasteiger partial charge in [0.1, 0.15) is 16.6 Å². The van der Waals surface area contributed by atoms with Crippen LogP contribution in [0.15, 0.2) is 58.7 Å². The molecular formula is C19H16FN5OS. The summed E-state index contributed by atoms with van der Waals surface area (Å²) in [6.07, 6.45) is 3.98. The standard InChI is InChI=1S/C19H16FN5OS/c1-25(12-18-21-8-9-27-18)17-7-4-14(11-22-17)19-23-16(24-26-19)10-13-2-5-15(20)6-3-13/h2-9,11H,10,12H2,1H3. The van der Waals surface area contributed by atoms with Gasteiger partial charge in [-0.2, -0.15) is 4.98 Å². The molecule has 0 unspecified atom stereocenters. The van der Waals surface area contributed by atoms with Gasteiger partial charge in [-0.05, 0) is 29.8 Å². The molecule has 0 aliphatic carbocycles. The molecule has 1 aromatic carbocycles. The predicted octanol–water partition coefficient (Wildman–Crippen LogP) is 3.95. The van der Waals surface area contributed by atoms with Crippen molar-refractivity contribution in [2.24, 2.45) is 0 Å². The van der Waals surface area contributed by atoms with Crippen LogP contribution in [-0.4, -0.2) is 27.2 Å². The lowest BCUT2D eigenvalue weighted by molar-refractivity contribution is 0.424. The summed E-state index contributed by atoms with van der Waals surface area (Å²) >= 11 is 1.62. The molecule has 0 saturated carbocycles. The monoisotopic (exact) mass is 381 g/mol. The molecule has 0 N–H and O–H groups in total. The van der Waals surface area contributed by atoms with Crippen molar-refractivity contribution in [2.45, 2.75) is 13.0 Å². The SMILES string of the molecule is CN(Cc1nccs1)c1ccc(-c2nc(Cc3ccc(F)cc3)no2)cn1. The number of nitrogens with zero attached hydrogens (tertiary/aromatic N) is 5. The Morgan fingerprint density at radius 1 is 1.11 bits per heavy atom. The second kappa shape index (κ2) is 7.63. The highest BCUT2D eigenvalue weighted by atomic mass is 32.1. The lowest BCUT2D eigenvalue weighted by atomic mass is 10.1. The van der Waals surface area contributed by atoms with E-state index < -0.39 is 0 Å². The van der Waals surface area contributed by atoms with Crippen LogP contribution in [0.3, 0.4) is 0 Å². The van der Waals surface area contributed by atoms with E-state index in [9.17, 15) is 4.39 Å². The number of halogens is 1. The smallest absolute Gasteiger partial charge is 0.259 e. The first-order valence-corrected chi connectivity index (χ1v) is 9.18. The Morgan fingerprint density at radius 2 is 1.96 bits per heavy atom. The van der Waals surface area contributed by atoms with Gasteiger partial charge in [0, 0.05) is 31.2 Å². The molecule has 0 aliphatic rings. The summed E-state index contributed by atoms with van der Waals surface area (Å²) in [7, 11) is 1.97. The molecule has 6 nitrogen and oxygen atoms in total. The highest BCUT2D eigenvalue weighted by molar-refractivity contribution is 7.09. The first kappa shape index (κ1) is 17.3. The Bertz CT molecular complexity index is 1000. The molecule has 0 bridgehead atoms. The van der Waals surface area contributed by atoms with Gasteiger partial charge in [0.2, 0.25) is 0 Å². The molecule has 3 heterocycles. The summed E-state index contributed by atoms with van der Waals surface area (Å²) in [6, 6.07) is 10.1. The second-order valence-corrected chi connectivity index (χ2v) is 6.99. The topological polar surface area (TPSA) is 67.9 Å². The van der Waals surface area contributed by atoms with Crippen LogP contribution in [0.5, 0.6) is 0 Å². The third kappa shape index (κ3) is 4.17. The van der Waals surface area contributed by atoms with Crippen molar-refractivity contribution in [3.8, 4) is 11.5 Å². The molecule has 0 radical (unpaired) electrons. The number of hydrogen-bond acceptors (Lipinski definition) is 7. The van der Waals surface area contributed by atoms with Crippen LogP contribution >= 0.6 is 11.3 Å². The van der Waals surface area contributed by atoms with Gasteiger partial charge in [-0.25, -0.2) is 14.4 Å². The van der Waals surface area contributed by atoms with Gasteiger partial charge in [-0.3, -0.25) is 0 Å². The van der Waals surface area contributed by atoms with Crippen molar-refractivity contribution in [1.82, 2.24) is 20.1 Å². The number of anilines is 1. The van der Waals surface area contributed by atoms with Crippen LogP contribution in [0.25, 0.3) is 11.5 Å². The Kier molecular flexibility index (Phi) is 4.88. The number of benzene rings is 1. The fraction of sp³-hybridized carbons (Fsp3) is 0.158. The third-order valence-electron chi connectivity index (χ3n) is 3.99. The van der Waals surface area contributed by atoms with Gasteiger partial charge in [0.25, 0.3) is 5.89 Å². The molecule has 0 amide bonds. The maximum absolute atomic E-state index is 13.0.